The van der Waals surface area contributed by atoms with Gasteiger partial charge >= 0.3 is 5.97 Å². The van der Waals surface area contributed by atoms with E-state index in [9.17, 15) is 9.18 Å². The molecule has 1 unspecified atom stereocenters. The Morgan fingerprint density at radius 2 is 2.00 bits per heavy atom. The van der Waals surface area contributed by atoms with Crippen molar-refractivity contribution in [3.63, 3.8) is 0 Å². The van der Waals surface area contributed by atoms with E-state index in [-0.39, 0.29) is 11.5 Å². The first-order valence-corrected chi connectivity index (χ1v) is 5.34. The summed E-state index contributed by atoms with van der Waals surface area (Å²) < 4.78 is 13.0. The van der Waals surface area contributed by atoms with E-state index in [0.717, 1.165) is 4.90 Å². The number of phenols is 1. The van der Waals surface area contributed by atoms with Gasteiger partial charge in [-0.15, -0.1) is 11.8 Å². The van der Waals surface area contributed by atoms with Crippen LogP contribution in [0, 0.1) is 0 Å². The second-order valence-corrected chi connectivity index (χ2v) is 4.09. The summed E-state index contributed by atoms with van der Waals surface area (Å²) in [6.45, 7) is 0. The minimum Gasteiger partial charge on any atom is -0.508 e. The van der Waals surface area contributed by atoms with Crippen molar-refractivity contribution in [1.82, 2.24) is 0 Å². The highest BCUT2D eigenvalue weighted by Gasteiger charge is 2.11. The monoisotopic (exact) mass is 230 g/mol. The number of carbonyl (C=O) groups is 1. The fraction of sp³-hybridized carbons (Fsp3) is 0.300. The number of alkyl halides is 1. The molecular formula is C10H11FO3S. The standard InChI is InChI=1S/C10H11FO3S/c11-7(5-10(13)14)6-15-9-3-1-8(12)2-4-9/h1-4,7,12H,5-6H2,(H,13,14). The molecule has 1 aromatic carbocycles. The number of carboxylic acid groups (broad SMARTS) is 1. The van der Waals surface area contributed by atoms with Crippen molar-refractivity contribution in [3.8, 4) is 5.75 Å². The van der Waals surface area contributed by atoms with Gasteiger partial charge in [-0.05, 0) is 24.3 Å². The van der Waals surface area contributed by atoms with E-state index >= 15 is 0 Å². The van der Waals surface area contributed by atoms with E-state index in [1.807, 2.05) is 0 Å². The Morgan fingerprint density at radius 3 is 2.53 bits per heavy atom. The molecule has 5 heteroatoms. The predicted octanol–water partition coefficient (Wildman–Crippen LogP) is 2.30. The molecule has 0 heterocycles. The highest BCUT2D eigenvalue weighted by Crippen LogP contribution is 2.22. The van der Waals surface area contributed by atoms with E-state index in [2.05, 4.69) is 0 Å². The van der Waals surface area contributed by atoms with Crippen molar-refractivity contribution < 1.29 is 19.4 Å². The van der Waals surface area contributed by atoms with Crippen LogP contribution in [0.4, 0.5) is 4.39 Å². The van der Waals surface area contributed by atoms with E-state index in [0.29, 0.717) is 0 Å². The van der Waals surface area contributed by atoms with Crippen LogP contribution < -0.4 is 0 Å². The van der Waals surface area contributed by atoms with Crippen LogP contribution in [0.2, 0.25) is 0 Å². The molecule has 0 amide bonds. The molecule has 3 nitrogen and oxygen atoms in total. The van der Waals surface area contributed by atoms with Crippen molar-refractivity contribution in [2.45, 2.75) is 17.5 Å². The van der Waals surface area contributed by atoms with E-state index in [1.165, 1.54) is 23.9 Å². The van der Waals surface area contributed by atoms with E-state index in [1.54, 1.807) is 12.1 Å². The molecule has 1 rings (SSSR count). The van der Waals surface area contributed by atoms with Crippen molar-refractivity contribution in [2.24, 2.45) is 0 Å². The normalized spacial score (nSPS) is 12.3. The Hall–Kier alpha value is -1.23. The van der Waals surface area contributed by atoms with Crippen LogP contribution in [0.3, 0.4) is 0 Å². The topological polar surface area (TPSA) is 57.5 Å². The lowest BCUT2D eigenvalue weighted by Crippen LogP contribution is -2.10. The van der Waals surface area contributed by atoms with E-state index < -0.39 is 18.6 Å². The Labute approximate surface area is 90.9 Å². The summed E-state index contributed by atoms with van der Waals surface area (Å²) in [5, 5.41) is 17.3. The number of halogens is 1. The molecule has 1 aromatic rings. The van der Waals surface area contributed by atoms with Crippen LogP contribution >= 0.6 is 11.8 Å². The second kappa shape index (κ2) is 5.60. The number of carboxylic acids is 1. The molecule has 0 aliphatic heterocycles. The number of hydrogen-bond donors (Lipinski definition) is 2. The average molecular weight is 230 g/mol. The number of phenolic OH excluding ortho intramolecular Hbond substituents is 1. The fourth-order valence-electron chi connectivity index (χ4n) is 0.977. The minimum absolute atomic E-state index is 0.108. The summed E-state index contributed by atoms with van der Waals surface area (Å²) in [5.74, 6) is -0.868. The average Bonchev–Trinajstić information content (AvgIpc) is 2.16. The lowest BCUT2D eigenvalue weighted by molar-refractivity contribution is -0.138. The predicted molar refractivity (Wildman–Crippen MR) is 56.0 cm³/mol. The lowest BCUT2D eigenvalue weighted by atomic mass is 10.3. The third kappa shape index (κ3) is 4.69. The first-order chi connectivity index (χ1) is 7.08. The molecule has 82 valence electrons. The minimum atomic E-state index is -1.35. The molecule has 0 aliphatic rings. The van der Waals surface area contributed by atoms with Gasteiger partial charge in [-0.3, -0.25) is 4.79 Å². The molecular weight excluding hydrogens is 219 g/mol. The lowest BCUT2D eigenvalue weighted by Gasteiger charge is -2.04. The maximum absolute atomic E-state index is 13.0. The van der Waals surface area contributed by atoms with Crippen LogP contribution in [0.25, 0.3) is 0 Å². The highest BCUT2D eigenvalue weighted by atomic mass is 32.2. The van der Waals surface area contributed by atoms with Crippen LogP contribution in [0.15, 0.2) is 29.2 Å². The van der Waals surface area contributed by atoms with Gasteiger partial charge in [0.1, 0.15) is 11.9 Å². The molecule has 2 N–H and O–H groups in total. The third-order valence-electron chi connectivity index (χ3n) is 1.66. The molecule has 15 heavy (non-hydrogen) atoms. The largest absolute Gasteiger partial charge is 0.508 e. The maximum atomic E-state index is 13.0. The third-order valence-corrected chi connectivity index (χ3v) is 2.80. The van der Waals surface area contributed by atoms with Crippen molar-refractivity contribution >= 4 is 17.7 Å². The number of hydrogen-bond acceptors (Lipinski definition) is 3. The van der Waals surface area contributed by atoms with Crippen LogP contribution in [-0.4, -0.2) is 28.1 Å². The van der Waals surface area contributed by atoms with Gasteiger partial charge in [0.05, 0.1) is 6.42 Å². The summed E-state index contributed by atoms with van der Waals surface area (Å²) in [6.07, 6.45) is -1.81. The van der Waals surface area contributed by atoms with Gasteiger partial charge in [0.15, 0.2) is 0 Å². The second-order valence-electron chi connectivity index (χ2n) is 3.00. The summed E-state index contributed by atoms with van der Waals surface area (Å²) in [7, 11) is 0. The molecule has 0 bridgehead atoms. The Bertz CT molecular complexity index is 326. The van der Waals surface area contributed by atoms with Gasteiger partial charge in [0.25, 0.3) is 0 Å². The molecule has 0 fully saturated rings. The van der Waals surface area contributed by atoms with Crippen molar-refractivity contribution in [1.29, 1.82) is 0 Å². The maximum Gasteiger partial charge on any atom is 0.306 e. The van der Waals surface area contributed by atoms with Crippen molar-refractivity contribution in [3.05, 3.63) is 24.3 Å². The molecule has 0 radical (unpaired) electrons. The summed E-state index contributed by atoms with van der Waals surface area (Å²) >= 11 is 1.23. The highest BCUT2D eigenvalue weighted by molar-refractivity contribution is 7.99. The molecule has 0 saturated heterocycles. The summed E-state index contributed by atoms with van der Waals surface area (Å²) in [6, 6.07) is 6.33. The van der Waals surface area contributed by atoms with Gasteiger partial charge in [-0.2, -0.15) is 0 Å². The van der Waals surface area contributed by atoms with Gasteiger partial charge in [-0.25, -0.2) is 4.39 Å². The molecule has 0 spiro atoms. The number of aromatic hydroxyl groups is 1. The SMILES string of the molecule is O=C(O)CC(F)CSc1ccc(O)cc1. The van der Waals surface area contributed by atoms with Crippen molar-refractivity contribution in [2.75, 3.05) is 5.75 Å². The van der Waals surface area contributed by atoms with Gasteiger partial charge in [-0.1, -0.05) is 0 Å². The zero-order valence-electron chi connectivity index (χ0n) is 7.89. The summed E-state index contributed by atoms with van der Waals surface area (Å²) in [4.78, 5) is 11.0. The van der Waals surface area contributed by atoms with Crippen LogP contribution in [0.5, 0.6) is 5.75 Å². The van der Waals surface area contributed by atoms with E-state index in [4.69, 9.17) is 10.2 Å². The van der Waals surface area contributed by atoms with Gasteiger partial charge in [0, 0.05) is 10.6 Å². The van der Waals surface area contributed by atoms with Crippen LogP contribution in [0.1, 0.15) is 6.42 Å². The van der Waals surface area contributed by atoms with Crippen LogP contribution in [-0.2, 0) is 4.79 Å². The number of aliphatic carboxylic acids is 1. The Kier molecular flexibility index (Phi) is 4.42. The smallest absolute Gasteiger partial charge is 0.306 e. The zero-order valence-corrected chi connectivity index (χ0v) is 8.71. The molecule has 0 saturated carbocycles. The zero-order chi connectivity index (χ0) is 11.3. The fourth-order valence-corrected chi connectivity index (χ4v) is 1.80. The summed E-state index contributed by atoms with van der Waals surface area (Å²) in [5.41, 5.74) is 0. The first kappa shape index (κ1) is 11.8. The number of rotatable bonds is 5. The quantitative estimate of drug-likeness (QED) is 0.762. The first-order valence-electron chi connectivity index (χ1n) is 4.35. The Balaban J connectivity index is 2.36. The molecule has 1 atom stereocenters. The molecule has 0 aromatic heterocycles. The molecule has 0 aliphatic carbocycles. The number of thioether (sulfide) groups is 1. The number of benzene rings is 1. The Morgan fingerprint density at radius 1 is 1.40 bits per heavy atom. The van der Waals surface area contributed by atoms with Gasteiger partial charge in [0.2, 0.25) is 0 Å². The van der Waals surface area contributed by atoms with Gasteiger partial charge < -0.3 is 10.2 Å².